The van der Waals surface area contributed by atoms with Crippen LogP contribution in [0.3, 0.4) is 0 Å². The van der Waals surface area contributed by atoms with Crippen molar-refractivity contribution >= 4 is 6.09 Å². The van der Waals surface area contributed by atoms with Crippen molar-refractivity contribution in [2.75, 3.05) is 19.8 Å². The first kappa shape index (κ1) is 14.4. The van der Waals surface area contributed by atoms with Crippen LogP contribution < -0.4 is 5.32 Å². The molecule has 2 heterocycles. The lowest BCUT2D eigenvalue weighted by atomic mass is 9.99. The van der Waals surface area contributed by atoms with Crippen molar-refractivity contribution in [2.24, 2.45) is 0 Å². The van der Waals surface area contributed by atoms with Crippen LogP contribution in [0.25, 0.3) is 0 Å². The van der Waals surface area contributed by atoms with Crippen LogP contribution in [0, 0.1) is 0 Å². The molecule has 0 aromatic heterocycles. The number of benzene rings is 1. The lowest BCUT2D eigenvalue weighted by molar-refractivity contribution is -0.00291. The van der Waals surface area contributed by atoms with Gasteiger partial charge >= 0.3 is 6.09 Å². The van der Waals surface area contributed by atoms with Gasteiger partial charge in [-0.1, -0.05) is 24.3 Å². The molecule has 2 aliphatic heterocycles. The number of amides is 1. The largest absolute Gasteiger partial charge is 0.446 e. The third-order valence-corrected chi connectivity index (χ3v) is 3.96. The zero-order valence-corrected chi connectivity index (χ0v) is 12.0. The second-order valence-electron chi connectivity index (χ2n) is 5.50. The van der Waals surface area contributed by atoms with Gasteiger partial charge in [0.25, 0.3) is 0 Å². The number of hydrogen-bond donors (Lipinski definition) is 1. The average molecular weight is 291 g/mol. The molecule has 1 aromatic rings. The number of hydrogen-bond acceptors (Lipinski definition) is 4. The summed E-state index contributed by atoms with van der Waals surface area (Å²) in [6, 6.07) is 8.25. The molecule has 0 bridgehead atoms. The van der Waals surface area contributed by atoms with Crippen LogP contribution in [0.4, 0.5) is 4.79 Å². The monoisotopic (exact) mass is 291 g/mol. The van der Waals surface area contributed by atoms with Gasteiger partial charge in [-0.3, -0.25) is 0 Å². The van der Waals surface area contributed by atoms with E-state index >= 15 is 0 Å². The Kier molecular flexibility index (Phi) is 4.72. The summed E-state index contributed by atoms with van der Waals surface area (Å²) in [7, 11) is 0. The van der Waals surface area contributed by atoms with Crippen molar-refractivity contribution in [1.29, 1.82) is 0 Å². The van der Waals surface area contributed by atoms with Gasteiger partial charge in [-0.05, 0) is 11.1 Å². The van der Waals surface area contributed by atoms with Crippen molar-refractivity contribution in [1.82, 2.24) is 5.32 Å². The summed E-state index contributed by atoms with van der Waals surface area (Å²) in [6.07, 6.45) is 2.02. The summed E-state index contributed by atoms with van der Waals surface area (Å²) >= 11 is 0. The van der Waals surface area contributed by atoms with Crippen LogP contribution in [-0.2, 0) is 27.2 Å². The van der Waals surface area contributed by atoms with Gasteiger partial charge < -0.3 is 19.5 Å². The van der Waals surface area contributed by atoms with E-state index in [0.29, 0.717) is 26.4 Å². The van der Waals surface area contributed by atoms with Crippen LogP contribution in [0.5, 0.6) is 0 Å². The molecule has 114 valence electrons. The molecule has 1 aromatic carbocycles. The van der Waals surface area contributed by atoms with E-state index in [-0.39, 0.29) is 18.3 Å². The summed E-state index contributed by atoms with van der Waals surface area (Å²) in [4.78, 5) is 11.8. The van der Waals surface area contributed by atoms with E-state index in [1.54, 1.807) is 0 Å². The molecule has 3 rings (SSSR count). The Morgan fingerprint density at radius 1 is 1.24 bits per heavy atom. The zero-order chi connectivity index (χ0) is 14.5. The maximum atomic E-state index is 11.8. The lowest BCUT2D eigenvalue weighted by Gasteiger charge is -2.26. The van der Waals surface area contributed by atoms with E-state index in [9.17, 15) is 4.79 Å². The first-order chi connectivity index (χ1) is 10.3. The minimum atomic E-state index is -0.357. The van der Waals surface area contributed by atoms with Gasteiger partial charge in [0.15, 0.2) is 0 Å². The first-order valence-corrected chi connectivity index (χ1v) is 7.52. The number of carbonyl (C=O) groups excluding carboxylic acids is 1. The Labute approximate surface area is 124 Å². The normalized spacial score (nSPS) is 22.4. The molecule has 5 heteroatoms. The Hall–Kier alpha value is -1.59. The van der Waals surface area contributed by atoms with Gasteiger partial charge in [-0.25, -0.2) is 4.79 Å². The molecule has 0 saturated carbocycles. The smallest absolute Gasteiger partial charge is 0.407 e. The maximum Gasteiger partial charge on any atom is 0.407 e. The highest BCUT2D eigenvalue weighted by atomic mass is 16.6. The summed E-state index contributed by atoms with van der Waals surface area (Å²) in [5, 5.41) is 2.80. The Morgan fingerprint density at radius 3 is 2.81 bits per heavy atom. The van der Waals surface area contributed by atoms with Gasteiger partial charge in [0.2, 0.25) is 0 Å². The first-order valence-electron chi connectivity index (χ1n) is 7.52. The van der Waals surface area contributed by atoms with E-state index < -0.39 is 0 Å². The predicted molar refractivity (Wildman–Crippen MR) is 77.0 cm³/mol. The average Bonchev–Trinajstić information content (AvgIpc) is 2.54. The summed E-state index contributed by atoms with van der Waals surface area (Å²) in [6.45, 7) is 2.43. The van der Waals surface area contributed by atoms with E-state index in [2.05, 4.69) is 17.4 Å². The minimum Gasteiger partial charge on any atom is -0.446 e. The van der Waals surface area contributed by atoms with Crippen molar-refractivity contribution < 1.29 is 19.0 Å². The highest BCUT2D eigenvalue weighted by molar-refractivity contribution is 5.67. The Bertz CT molecular complexity index is 485. The van der Waals surface area contributed by atoms with Crippen molar-refractivity contribution in [3.8, 4) is 0 Å². The van der Waals surface area contributed by atoms with Crippen molar-refractivity contribution in [2.45, 2.75) is 38.1 Å². The summed E-state index contributed by atoms with van der Waals surface area (Å²) in [5.74, 6) is 0. The standard InChI is InChI=1S/C16H21NO4/c18-16(21-14-5-7-19-8-6-14)17-10-15-9-12-3-1-2-4-13(12)11-20-15/h1-4,14-15H,5-11H2,(H,17,18). The molecular weight excluding hydrogens is 270 g/mol. The number of carbonyl (C=O) groups is 1. The minimum absolute atomic E-state index is 0.0159. The van der Waals surface area contributed by atoms with E-state index in [4.69, 9.17) is 14.2 Å². The van der Waals surface area contributed by atoms with Crippen LogP contribution in [0.2, 0.25) is 0 Å². The van der Waals surface area contributed by atoms with Crippen molar-refractivity contribution in [3.63, 3.8) is 0 Å². The molecule has 0 spiro atoms. The molecule has 0 aliphatic carbocycles. The van der Waals surface area contributed by atoms with Gasteiger partial charge in [0.1, 0.15) is 6.10 Å². The molecule has 1 fully saturated rings. The van der Waals surface area contributed by atoms with Gasteiger partial charge in [-0.2, -0.15) is 0 Å². The van der Waals surface area contributed by atoms with E-state index in [1.807, 2.05) is 12.1 Å². The molecule has 5 nitrogen and oxygen atoms in total. The van der Waals surface area contributed by atoms with Gasteiger partial charge in [0.05, 0.1) is 25.9 Å². The molecule has 1 saturated heterocycles. The molecule has 1 N–H and O–H groups in total. The topological polar surface area (TPSA) is 56.8 Å². The van der Waals surface area contributed by atoms with E-state index in [1.165, 1.54) is 11.1 Å². The molecule has 1 amide bonds. The number of nitrogens with one attached hydrogen (secondary N) is 1. The van der Waals surface area contributed by atoms with Crippen molar-refractivity contribution in [3.05, 3.63) is 35.4 Å². The zero-order valence-electron chi connectivity index (χ0n) is 12.0. The molecule has 21 heavy (non-hydrogen) atoms. The SMILES string of the molecule is O=C(NCC1Cc2ccccc2CO1)OC1CCOCC1. The lowest BCUT2D eigenvalue weighted by Crippen LogP contribution is -2.39. The van der Waals surface area contributed by atoms with Gasteiger partial charge in [0, 0.05) is 25.8 Å². The molecule has 1 unspecified atom stereocenters. The third kappa shape index (κ3) is 3.95. The molecule has 0 radical (unpaired) electrons. The summed E-state index contributed by atoms with van der Waals surface area (Å²) in [5.41, 5.74) is 2.53. The highest BCUT2D eigenvalue weighted by Gasteiger charge is 2.21. The number of rotatable bonds is 3. The summed E-state index contributed by atoms with van der Waals surface area (Å²) < 4.78 is 16.4. The van der Waals surface area contributed by atoms with Crippen LogP contribution in [-0.4, -0.2) is 38.1 Å². The Balaban J connectivity index is 1.42. The fraction of sp³-hybridized carbons (Fsp3) is 0.562. The number of ether oxygens (including phenoxy) is 3. The molecular formula is C16H21NO4. The van der Waals surface area contributed by atoms with Crippen LogP contribution >= 0.6 is 0 Å². The van der Waals surface area contributed by atoms with Gasteiger partial charge in [-0.15, -0.1) is 0 Å². The van der Waals surface area contributed by atoms with Crippen LogP contribution in [0.15, 0.2) is 24.3 Å². The number of alkyl carbamates (subject to hydrolysis) is 1. The second kappa shape index (κ2) is 6.91. The fourth-order valence-corrected chi connectivity index (χ4v) is 2.72. The third-order valence-electron chi connectivity index (χ3n) is 3.96. The van der Waals surface area contributed by atoms with Crippen LogP contribution in [0.1, 0.15) is 24.0 Å². The number of fused-ring (bicyclic) bond motifs is 1. The van der Waals surface area contributed by atoms with E-state index in [0.717, 1.165) is 19.3 Å². The Morgan fingerprint density at radius 2 is 2.00 bits per heavy atom. The second-order valence-corrected chi connectivity index (χ2v) is 5.50. The molecule has 2 aliphatic rings. The predicted octanol–water partition coefficient (Wildman–Crippen LogP) is 2.03. The quantitative estimate of drug-likeness (QED) is 0.926. The molecule has 1 atom stereocenters. The fourth-order valence-electron chi connectivity index (χ4n) is 2.72. The maximum absolute atomic E-state index is 11.8. The highest BCUT2D eigenvalue weighted by Crippen LogP contribution is 2.19.